The van der Waals surface area contributed by atoms with E-state index in [1.807, 2.05) is 12.1 Å². The third-order valence-corrected chi connectivity index (χ3v) is 3.69. The molecule has 0 radical (unpaired) electrons. The minimum Gasteiger partial charge on any atom is -0.115 e. The van der Waals surface area contributed by atoms with Gasteiger partial charge in [-0.25, -0.2) is 0 Å². The van der Waals surface area contributed by atoms with Crippen molar-refractivity contribution in [2.75, 3.05) is 0 Å². The predicted octanol–water partition coefficient (Wildman–Crippen LogP) is 5.74. The van der Waals surface area contributed by atoms with Crippen molar-refractivity contribution >= 4 is 0 Å². The molecule has 0 saturated carbocycles. The van der Waals surface area contributed by atoms with Crippen LogP contribution in [-0.2, 0) is 6.42 Å². The van der Waals surface area contributed by atoms with Crippen molar-refractivity contribution in [1.29, 1.82) is 0 Å². The summed E-state index contributed by atoms with van der Waals surface area (Å²) in [5.74, 6) is 2.66. The first-order chi connectivity index (χ1) is 9.36. The fourth-order valence-electron chi connectivity index (χ4n) is 2.41. The highest BCUT2D eigenvalue weighted by atomic mass is 14.0. The molecule has 0 spiro atoms. The van der Waals surface area contributed by atoms with E-state index in [9.17, 15) is 0 Å². The molecule has 0 aliphatic carbocycles. The molecule has 0 aromatic heterocycles. The molecule has 0 atom stereocenters. The molecular formula is C19H28. The van der Waals surface area contributed by atoms with Crippen LogP contribution in [0.4, 0.5) is 0 Å². The number of benzene rings is 1. The molecule has 0 aliphatic heterocycles. The molecule has 1 aromatic carbocycles. The van der Waals surface area contributed by atoms with Crippen molar-refractivity contribution in [2.24, 2.45) is 0 Å². The Labute approximate surface area is 119 Å². The molecule has 0 saturated heterocycles. The maximum absolute atomic E-state index is 5.35. The summed E-state index contributed by atoms with van der Waals surface area (Å²) in [6.45, 7) is 2.27. The summed E-state index contributed by atoms with van der Waals surface area (Å²) >= 11 is 0. The molecule has 0 bridgehead atoms. The number of terminal acetylenes is 1. The van der Waals surface area contributed by atoms with Crippen molar-refractivity contribution in [3.8, 4) is 12.3 Å². The van der Waals surface area contributed by atoms with Crippen LogP contribution in [0, 0.1) is 12.3 Å². The van der Waals surface area contributed by atoms with Gasteiger partial charge in [0.1, 0.15) is 0 Å². The molecule has 0 aliphatic rings. The smallest absolute Gasteiger partial charge is 0.0242 e. The van der Waals surface area contributed by atoms with E-state index in [2.05, 4.69) is 25.0 Å². The van der Waals surface area contributed by atoms with E-state index in [0.717, 1.165) is 5.56 Å². The van der Waals surface area contributed by atoms with Crippen LogP contribution < -0.4 is 0 Å². The predicted molar refractivity (Wildman–Crippen MR) is 85.3 cm³/mol. The highest BCUT2D eigenvalue weighted by Crippen LogP contribution is 2.12. The summed E-state index contributed by atoms with van der Waals surface area (Å²) in [6, 6.07) is 8.42. The van der Waals surface area contributed by atoms with Crippen LogP contribution in [0.15, 0.2) is 24.3 Å². The number of aryl methyl sites for hydroxylation is 1. The minimum absolute atomic E-state index is 0.982. The fourth-order valence-corrected chi connectivity index (χ4v) is 2.41. The normalized spacial score (nSPS) is 10.3. The van der Waals surface area contributed by atoms with Gasteiger partial charge in [0, 0.05) is 5.56 Å². The second-order valence-electron chi connectivity index (χ2n) is 5.42. The molecular weight excluding hydrogens is 228 g/mol. The molecule has 1 aromatic rings. The maximum Gasteiger partial charge on any atom is 0.0242 e. The summed E-state index contributed by atoms with van der Waals surface area (Å²) in [5.41, 5.74) is 2.40. The van der Waals surface area contributed by atoms with Gasteiger partial charge in [-0.15, -0.1) is 6.42 Å². The average molecular weight is 256 g/mol. The van der Waals surface area contributed by atoms with E-state index >= 15 is 0 Å². The van der Waals surface area contributed by atoms with Crippen LogP contribution in [0.5, 0.6) is 0 Å². The third-order valence-electron chi connectivity index (χ3n) is 3.69. The van der Waals surface area contributed by atoms with E-state index in [1.165, 1.54) is 69.8 Å². The Bertz CT molecular complexity index is 353. The van der Waals surface area contributed by atoms with Crippen molar-refractivity contribution in [3.05, 3.63) is 35.4 Å². The van der Waals surface area contributed by atoms with Gasteiger partial charge >= 0.3 is 0 Å². The molecule has 1 rings (SSSR count). The quantitative estimate of drug-likeness (QED) is 0.370. The zero-order chi connectivity index (χ0) is 13.8. The number of unbranched alkanes of at least 4 members (excludes halogenated alkanes) is 8. The molecule has 0 heteroatoms. The molecule has 0 unspecified atom stereocenters. The van der Waals surface area contributed by atoms with Crippen molar-refractivity contribution in [1.82, 2.24) is 0 Å². The van der Waals surface area contributed by atoms with Gasteiger partial charge in [-0.05, 0) is 30.5 Å². The highest BCUT2D eigenvalue weighted by molar-refractivity contribution is 5.34. The highest BCUT2D eigenvalue weighted by Gasteiger charge is 1.95. The van der Waals surface area contributed by atoms with Gasteiger partial charge in [-0.2, -0.15) is 0 Å². The number of hydrogen-bond acceptors (Lipinski definition) is 0. The van der Waals surface area contributed by atoms with Gasteiger partial charge in [0.2, 0.25) is 0 Å². The lowest BCUT2D eigenvalue weighted by molar-refractivity contribution is 0.565. The van der Waals surface area contributed by atoms with Crippen LogP contribution in [0.1, 0.15) is 75.8 Å². The largest absolute Gasteiger partial charge is 0.115 e. The topological polar surface area (TPSA) is 0 Å². The Balaban J connectivity index is 1.97. The van der Waals surface area contributed by atoms with Gasteiger partial charge in [0.05, 0.1) is 0 Å². The second-order valence-corrected chi connectivity index (χ2v) is 5.42. The summed E-state index contributed by atoms with van der Waals surface area (Å²) in [4.78, 5) is 0. The minimum atomic E-state index is 0.982. The van der Waals surface area contributed by atoms with Gasteiger partial charge in [-0.1, -0.05) is 76.3 Å². The Morgan fingerprint density at radius 3 is 1.84 bits per heavy atom. The third kappa shape index (κ3) is 7.73. The molecule has 0 nitrogen and oxygen atoms in total. The molecule has 0 N–H and O–H groups in total. The van der Waals surface area contributed by atoms with Crippen molar-refractivity contribution in [3.63, 3.8) is 0 Å². The first-order valence-corrected chi connectivity index (χ1v) is 7.92. The summed E-state index contributed by atoms with van der Waals surface area (Å²) < 4.78 is 0. The summed E-state index contributed by atoms with van der Waals surface area (Å²) in [5, 5.41) is 0. The van der Waals surface area contributed by atoms with Crippen LogP contribution in [0.2, 0.25) is 0 Å². The lowest BCUT2D eigenvalue weighted by atomic mass is 10.0. The first kappa shape index (κ1) is 15.8. The second kappa shape index (κ2) is 10.7. The van der Waals surface area contributed by atoms with E-state index < -0.39 is 0 Å². The van der Waals surface area contributed by atoms with Crippen LogP contribution >= 0.6 is 0 Å². The molecule has 0 heterocycles. The molecule has 0 fully saturated rings. The SMILES string of the molecule is C#Cc1ccc(CCCCCCCCCCC)cc1. The summed E-state index contributed by atoms with van der Waals surface area (Å²) in [6.07, 6.45) is 19.1. The lowest BCUT2D eigenvalue weighted by Gasteiger charge is -2.03. The lowest BCUT2D eigenvalue weighted by Crippen LogP contribution is -1.87. The van der Waals surface area contributed by atoms with Crippen molar-refractivity contribution < 1.29 is 0 Å². The van der Waals surface area contributed by atoms with Gasteiger partial charge in [-0.3, -0.25) is 0 Å². The van der Waals surface area contributed by atoms with E-state index in [4.69, 9.17) is 6.42 Å². The van der Waals surface area contributed by atoms with E-state index in [1.54, 1.807) is 0 Å². The van der Waals surface area contributed by atoms with E-state index in [-0.39, 0.29) is 0 Å². The van der Waals surface area contributed by atoms with Gasteiger partial charge in [0.15, 0.2) is 0 Å². The number of hydrogen-bond donors (Lipinski definition) is 0. The van der Waals surface area contributed by atoms with Crippen LogP contribution in [0.3, 0.4) is 0 Å². The average Bonchev–Trinajstić information content (AvgIpc) is 2.46. The Kier molecular flexibility index (Phi) is 8.90. The van der Waals surface area contributed by atoms with E-state index in [0.29, 0.717) is 0 Å². The fraction of sp³-hybridized carbons (Fsp3) is 0.579. The molecule has 0 amide bonds. The maximum atomic E-state index is 5.35. The van der Waals surface area contributed by atoms with Crippen molar-refractivity contribution in [2.45, 2.75) is 71.1 Å². The molecule has 104 valence electrons. The number of rotatable bonds is 10. The van der Waals surface area contributed by atoms with Gasteiger partial charge < -0.3 is 0 Å². The molecule has 19 heavy (non-hydrogen) atoms. The van der Waals surface area contributed by atoms with Crippen LogP contribution in [-0.4, -0.2) is 0 Å². The van der Waals surface area contributed by atoms with Crippen LogP contribution in [0.25, 0.3) is 0 Å². The summed E-state index contributed by atoms with van der Waals surface area (Å²) in [7, 11) is 0. The Morgan fingerprint density at radius 1 is 0.789 bits per heavy atom. The zero-order valence-corrected chi connectivity index (χ0v) is 12.5. The van der Waals surface area contributed by atoms with Gasteiger partial charge in [0.25, 0.3) is 0 Å². The Morgan fingerprint density at radius 2 is 1.32 bits per heavy atom. The Hall–Kier alpha value is -1.22. The first-order valence-electron chi connectivity index (χ1n) is 7.92. The zero-order valence-electron chi connectivity index (χ0n) is 12.5. The monoisotopic (exact) mass is 256 g/mol. The standard InChI is InChI=1S/C19H28/c1-3-5-6-7-8-9-10-11-12-13-19-16-14-18(4-2)15-17-19/h2,14-17H,3,5-13H2,1H3.